The van der Waals surface area contributed by atoms with Gasteiger partial charge in [-0.3, -0.25) is 9.59 Å². The number of rotatable bonds is 8. The third-order valence-electron chi connectivity index (χ3n) is 4.34. The number of amides is 1. The average molecular weight is 355 g/mol. The maximum absolute atomic E-state index is 13.8. The molecular weight excluding hydrogens is 332 g/mol. The van der Waals surface area contributed by atoms with E-state index in [0.717, 1.165) is 18.9 Å². The van der Waals surface area contributed by atoms with Gasteiger partial charge in [0.25, 0.3) is 0 Å². The van der Waals surface area contributed by atoms with Crippen LogP contribution in [0.1, 0.15) is 44.6 Å². The van der Waals surface area contributed by atoms with Crippen LogP contribution in [-0.4, -0.2) is 40.6 Å². The number of halogens is 2. The van der Waals surface area contributed by atoms with Crippen molar-refractivity contribution in [2.24, 2.45) is 0 Å². The molecule has 1 heterocycles. The Balaban J connectivity index is 1.99. The van der Waals surface area contributed by atoms with Crippen molar-refractivity contribution in [2.75, 3.05) is 6.54 Å². The molecule has 1 aliphatic heterocycles. The molecular formula is C18H23F2NO4. The summed E-state index contributed by atoms with van der Waals surface area (Å²) in [7, 11) is 0. The number of benzene rings is 1. The number of carbonyl (C=O) groups excluding carboxylic acids is 1. The Hall–Kier alpha value is -2.02. The summed E-state index contributed by atoms with van der Waals surface area (Å²) in [5, 5.41) is 8.85. The molecule has 0 spiro atoms. The van der Waals surface area contributed by atoms with Crippen molar-refractivity contribution in [1.82, 2.24) is 4.90 Å². The number of hydrogen-bond donors (Lipinski definition) is 1. The fourth-order valence-corrected chi connectivity index (χ4v) is 2.94. The molecule has 1 aliphatic rings. The van der Waals surface area contributed by atoms with E-state index in [1.54, 1.807) is 0 Å². The highest BCUT2D eigenvalue weighted by Crippen LogP contribution is 2.23. The first-order valence-corrected chi connectivity index (χ1v) is 8.44. The first-order chi connectivity index (χ1) is 11.9. The summed E-state index contributed by atoms with van der Waals surface area (Å²) in [6.45, 7) is 1.78. The van der Waals surface area contributed by atoms with Crippen molar-refractivity contribution in [3.8, 4) is 0 Å². The van der Waals surface area contributed by atoms with Crippen LogP contribution in [0.15, 0.2) is 18.2 Å². The second-order valence-corrected chi connectivity index (χ2v) is 6.36. The molecule has 2 atom stereocenters. The summed E-state index contributed by atoms with van der Waals surface area (Å²) >= 11 is 0. The van der Waals surface area contributed by atoms with Gasteiger partial charge in [0.1, 0.15) is 0 Å². The van der Waals surface area contributed by atoms with Crippen LogP contribution in [0.3, 0.4) is 0 Å². The van der Waals surface area contributed by atoms with Gasteiger partial charge in [0, 0.05) is 25.1 Å². The van der Waals surface area contributed by atoms with E-state index < -0.39 is 17.6 Å². The first kappa shape index (κ1) is 19.3. The predicted octanol–water partition coefficient (Wildman–Crippen LogP) is 3.12. The predicted molar refractivity (Wildman–Crippen MR) is 86.8 cm³/mol. The fourth-order valence-electron chi connectivity index (χ4n) is 2.94. The van der Waals surface area contributed by atoms with Gasteiger partial charge in [-0.05, 0) is 32.3 Å². The standard InChI is InChI=1S/C18H23F2NO4/c1-12-5-6-14(25-12)7-8-16(22)21(10-9-17(23)24)11-13-3-2-4-15(19)18(13)20/h2-4,12,14H,5-11H2,1H3,(H,23,24)/t12-,14+/m0/s1. The van der Waals surface area contributed by atoms with Gasteiger partial charge in [-0.1, -0.05) is 12.1 Å². The Morgan fingerprint density at radius 3 is 2.68 bits per heavy atom. The van der Waals surface area contributed by atoms with Crippen molar-refractivity contribution in [3.05, 3.63) is 35.4 Å². The first-order valence-electron chi connectivity index (χ1n) is 8.44. The van der Waals surface area contributed by atoms with Crippen LogP contribution in [-0.2, 0) is 20.9 Å². The van der Waals surface area contributed by atoms with Gasteiger partial charge < -0.3 is 14.7 Å². The largest absolute Gasteiger partial charge is 0.481 e. The molecule has 0 aromatic heterocycles. The Labute approximate surface area is 145 Å². The second-order valence-electron chi connectivity index (χ2n) is 6.36. The lowest BCUT2D eigenvalue weighted by atomic mass is 10.1. The minimum atomic E-state index is -1.05. The zero-order valence-electron chi connectivity index (χ0n) is 14.2. The number of carboxylic acids is 1. The van der Waals surface area contributed by atoms with E-state index >= 15 is 0 Å². The van der Waals surface area contributed by atoms with Crippen LogP contribution in [0, 0.1) is 11.6 Å². The average Bonchev–Trinajstić information content (AvgIpc) is 2.98. The highest BCUT2D eigenvalue weighted by Gasteiger charge is 2.24. The minimum Gasteiger partial charge on any atom is -0.481 e. The quantitative estimate of drug-likeness (QED) is 0.778. The lowest BCUT2D eigenvalue weighted by molar-refractivity contribution is -0.139. The summed E-state index contributed by atoms with van der Waals surface area (Å²) < 4.78 is 32.9. The van der Waals surface area contributed by atoms with Crippen molar-refractivity contribution in [1.29, 1.82) is 0 Å². The van der Waals surface area contributed by atoms with Crippen molar-refractivity contribution in [3.63, 3.8) is 0 Å². The molecule has 0 unspecified atom stereocenters. The number of aliphatic carboxylic acids is 1. The molecule has 1 fully saturated rings. The smallest absolute Gasteiger partial charge is 0.305 e. The molecule has 0 aliphatic carbocycles. The molecule has 2 rings (SSSR count). The van der Waals surface area contributed by atoms with Crippen LogP contribution in [0.4, 0.5) is 8.78 Å². The molecule has 1 N–H and O–H groups in total. The lowest BCUT2D eigenvalue weighted by Crippen LogP contribution is -2.33. The van der Waals surface area contributed by atoms with Crippen LogP contribution in [0.5, 0.6) is 0 Å². The zero-order chi connectivity index (χ0) is 18.4. The fraction of sp³-hybridized carbons (Fsp3) is 0.556. The number of ether oxygens (including phenoxy) is 1. The molecule has 138 valence electrons. The SMILES string of the molecule is C[C@H]1CC[C@H](CCC(=O)N(CCC(=O)O)Cc2cccc(F)c2F)O1. The molecule has 0 radical (unpaired) electrons. The second kappa shape index (κ2) is 8.89. The van der Waals surface area contributed by atoms with E-state index in [0.29, 0.717) is 6.42 Å². The van der Waals surface area contributed by atoms with E-state index in [4.69, 9.17) is 9.84 Å². The topological polar surface area (TPSA) is 66.8 Å². The van der Waals surface area contributed by atoms with E-state index in [9.17, 15) is 18.4 Å². The molecule has 1 aromatic rings. The normalized spacial score (nSPS) is 19.8. The van der Waals surface area contributed by atoms with Crippen molar-refractivity contribution >= 4 is 11.9 Å². The Morgan fingerprint density at radius 2 is 2.04 bits per heavy atom. The van der Waals surface area contributed by atoms with Crippen LogP contribution in [0.2, 0.25) is 0 Å². The molecule has 5 nitrogen and oxygen atoms in total. The molecule has 7 heteroatoms. The summed E-state index contributed by atoms with van der Waals surface area (Å²) in [5.74, 6) is -3.33. The summed E-state index contributed by atoms with van der Waals surface area (Å²) in [5.41, 5.74) is 0.0319. The maximum Gasteiger partial charge on any atom is 0.305 e. The Morgan fingerprint density at radius 1 is 1.28 bits per heavy atom. The lowest BCUT2D eigenvalue weighted by Gasteiger charge is -2.23. The molecule has 0 bridgehead atoms. The van der Waals surface area contributed by atoms with Gasteiger partial charge in [-0.15, -0.1) is 0 Å². The Bertz CT molecular complexity index is 623. The number of carbonyl (C=O) groups is 2. The zero-order valence-corrected chi connectivity index (χ0v) is 14.2. The van der Waals surface area contributed by atoms with Gasteiger partial charge in [-0.2, -0.15) is 0 Å². The third kappa shape index (κ3) is 5.77. The van der Waals surface area contributed by atoms with Gasteiger partial charge in [0.15, 0.2) is 11.6 Å². The minimum absolute atomic E-state index is 0.0196. The summed E-state index contributed by atoms with van der Waals surface area (Å²) in [6, 6.07) is 3.75. The van der Waals surface area contributed by atoms with Gasteiger partial charge in [0.2, 0.25) is 5.91 Å². The number of carboxylic acid groups (broad SMARTS) is 1. The van der Waals surface area contributed by atoms with Crippen LogP contribution < -0.4 is 0 Å². The van der Waals surface area contributed by atoms with E-state index in [-0.39, 0.29) is 49.6 Å². The van der Waals surface area contributed by atoms with Crippen molar-refractivity contribution in [2.45, 2.75) is 57.8 Å². The molecule has 0 saturated carbocycles. The van der Waals surface area contributed by atoms with E-state index in [1.807, 2.05) is 6.92 Å². The number of nitrogens with zero attached hydrogens (tertiary/aromatic N) is 1. The molecule has 1 saturated heterocycles. The molecule has 25 heavy (non-hydrogen) atoms. The highest BCUT2D eigenvalue weighted by atomic mass is 19.2. The van der Waals surface area contributed by atoms with Crippen LogP contribution in [0.25, 0.3) is 0 Å². The Kier molecular flexibility index (Phi) is 6.87. The van der Waals surface area contributed by atoms with E-state index in [2.05, 4.69) is 0 Å². The number of hydrogen-bond acceptors (Lipinski definition) is 3. The summed E-state index contributed by atoms with van der Waals surface area (Å²) in [4.78, 5) is 24.5. The monoisotopic (exact) mass is 355 g/mol. The molecule has 1 aromatic carbocycles. The summed E-state index contributed by atoms with van der Waals surface area (Å²) in [6.07, 6.45) is 2.53. The van der Waals surface area contributed by atoms with Crippen LogP contribution >= 0.6 is 0 Å². The van der Waals surface area contributed by atoms with Gasteiger partial charge in [0.05, 0.1) is 18.6 Å². The molecule has 1 amide bonds. The van der Waals surface area contributed by atoms with Gasteiger partial charge >= 0.3 is 5.97 Å². The maximum atomic E-state index is 13.8. The van der Waals surface area contributed by atoms with Crippen molar-refractivity contribution < 1.29 is 28.2 Å². The van der Waals surface area contributed by atoms with E-state index in [1.165, 1.54) is 17.0 Å². The van der Waals surface area contributed by atoms with Gasteiger partial charge in [-0.25, -0.2) is 8.78 Å². The highest BCUT2D eigenvalue weighted by molar-refractivity contribution is 5.77. The third-order valence-corrected chi connectivity index (χ3v) is 4.34.